The van der Waals surface area contributed by atoms with Crippen molar-refractivity contribution in [2.45, 2.75) is 13.2 Å². The van der Waals surface area contributed by atoms with Gasteiger partial charge in [-0.3, -0.25) is 24.6 Å². The van der Waals surface area contributed by atoms with Gasteiger partial charge in [-0.15, -0.1) is 0 Å². The Kier molecular flexibility index (Phi) is 7.70. The first kappa shape index (κ1) is 25.4. The normalized spacial score (nSPS) is 14.4. The van der Waals surface area contributed by atoms with Crippen molar-refractivity contribution in [1.29, 1.82) is 0 Å². The van der Waals surface area contributed by atoms with E-state index in [2.05, 4.69) is 15.9 Å². The number of nitrogens with zero attached hydrogens (tertiary/aromatic N) is 2. The molecule has 1 aliphatic rings. The van der Waals surface area contributed by atoms with Crippen molar-refractivity contribution in [2.75, 3.05) is 7.11 Å². The van der Waals surface area contributed by atoms with Crippen LogP contribution >= 0.6 is 27.7 Å². The number of halogens is 2. The van der Waals surface area contributed by atoms with Crippen LogP contribution < -0.4 is 9.47 Å². The maximum absolute atomic E-state index is 13.9. The standard InChI is InChI=1S/C25H18BrFN2O6S/c1-34-21-10-17(19(26)12-22(21)35-14-16-6-2-3-8-20(16)27)11-23-24(30)28(25(31)36-23)13-15-5-4-7-18(9-15)29(32)33/h2-12H,13-14H2,1H3. The van der Waals surface area contributed by atoms with Gasteiger partial charge in [-0.25, -0.2) is 4.39 Å². The molecule has 0 spiro atoms. The van der Waals surface area contributed by atoms with Crippen molar-refractivity contribution in [3.8, 4) is 11.5 Å². The Morgan fingerprint density at radius 1 is 1.11 bits per heavy atom. The fraction of sp³-hybridized carbons (Fsp3) is 0.120. The number of nitro benzene ring substituents is 1. The molecule has 8 nitrogen and oxygen atoms in total. The van der Waals surface area contributed by atoms with Gasteiger partial charge in [-0.1, -0.05) is 46.3 Å². The van der Waals surface area contributed by atoms with E-state index in [0.717, 1.165) is 16.7 Å². The minimum Gasteiger partial charge on any atom is -0.493 e. The molecule has 36 heavy (non-hydrogen) atoms. The molecule has 2 amide bonds. The summed E-state index contributed by atoms with van der Waals surface area (Å²) in [5, 5.41) is 10.5. The fourth-order valence-electron chi connectivity index (χ4n) is 3.43. The summed E-state index contributed by atoms with van der Waals surface area (Å²) in [6.45, 7) is -0.0949. The van der Waals surface area contributed by atoms with Crippen LogP contribution in [0, 0.1) is 15.9 Å². The summed E-state index contributed by atoms with van der Waals surface area (Å²) in [4.78, 5) is 37.2. The average molecular weight is 573 g/mol. The topological polar surface area (TPSA) is 99.0 Å². The van der Waals surface area contributed by atoms with Gasteiger partial charge >= 0.3 is 0 Å². The molecule has 0 bridgehead atoms. The second-order valence-electron chi connectivity index (χ2n) is 7.60. The zero-order valence-corrected chi connectivity index (χ0v) is 21.2. The van der Waals surface area contributed by atoms with E-state index in [0.29, 0.717) is 32.7 Å². The maximum Gasteiger partial charge on any atom is 0.293 e. The second-order valence-corrected chi connectivity index (χ2v) is 9.45. The molecule has 11 heteroatoms. The summed E-state index contributed by atoms with van der Waals surface area (Å²) in [7, 11) is 1.45. The largest absolute Gasteiger partial charge is 0.493 e. The van der Waals surface area contributed by atoms with Crippen LogP contribution in [0.2, 0.25) is 0 Å². The lowest BCUT2D eigenvalue weighted by molar-refractivity contribution is -0.384. The number of carbonyl (C=O) groups excluding carboxylic acids is 2. The highest BCUT2D eigenvalue weighted by atomic mass is 79.9. The number of hydrogen-bond donors (Lipinski definition) is 0. The molecule has 0 atom stereocenters. The predicted molar refractivity (Wildman–Crippen MR) is 136 cm³/mol. The Morgan fingerprint density at radius 3 is 2.61 bits per heavy atom. The number of hydrogen-bond acceptors (Lipinski definition) is 7. The summed E-state index contributed by atoms with van der Waals surface area (Å²) in [6.07, 6.45) is 1.55. The minimum absolute atomic E-state index is 0.00857. The van der Waals surface area contributed by atoms with Gasteiger partial charge in [-0.2, -0.15) is 0 Å². The van der Waals surface area contributed by atoms with Crippen LogP contribution in [0.5, 0.6) is 11.5 Å². The van der Waals surface area contributed by atoms with Gasteiger partial charge in [0.2, 0.25) is 0 Å². The van der Waals surface area contributed by atoms with E-state index in [-0.39, 0.29) is 29.6 Å². The molecule has 0 aromatic heterocycles. The lowest BCUT2D eigenvalue weighted by atomic mass is 10.1. The Morgan fingerprint density at radius 2 is 1.89 bits per heavy atom. The van der Waals surface area contributed by atoms with Crippen molar-refractivity contribution in [3.05, 3.63) is 103 Å². The highest BCUT2D eigenvalue weighted by molar-refractivity contribution is 9.10. The van der Waals surface area contributed by atoms with Crippen molar-refractivity contribution >= 4 is 50.6 Å². The molecule has 0 saturated carbocycles. The zero-order valence-electron chi connectivity index (χ0n) is 18.8. The van der Waals surface area contributed by atoms with Crippen LogP contribution in [-0.4, -0.2) is 28.1 Å². The molecule has 1 aliphatic heterocycles. The molecule has 0 aliphatic carbocycles. The van der Waals surface area contributed by atoms with E-state index in [1.807, 2.05) is 0 Å². The minimum atomic E-state index is -0.536. The van der Waals surface area contributed by atoms with Gasteiger partial charge in [0.15, 0.2) is 11.5 Å². The fourth-order valence-corrected chi connectivity index (χ4v) is 4.70. The predicted octanol–water partition coefficient (Wildman–Crippen LogP) is 6.32. The Bertz CT molecular complexity index is 1400. The van der Waals surface area contributed by atoms with E-state index in [1.54, 1.807) is 42.5 Å². The molecule has 0 unspecified atom stereocenters. The number of carbonyl (C=O) groups is 2. The van der Waals surface area contributed by atoms with Gasteiger partial charge in [0.25, 0.3) is 16.8 Å². The zero-order chi connectivity index (χ0) is 25.8. The van der Waals surface area contributed by atoms with Crippen molar-refractivity contribution in [2.24, 2.45) is 0 Å². The third-order valence-corrected chi connectivity index (χ3v) is 6.84. The number of ether oxygens (including phenoxy) is 2. The number of nitro groups is 1. The highest BCUT2D eigenvalue weighted by Crippen LogP contribution is 2.38. The van der Waals surface area contributed by atoms with Crippen LogP contribution in [0.4, 0.5) is 14.9 Å². The van der Waals surface area contributed by atoms with Crippen LogP contribution in [0.15, 0.2) is 70.0 Å². The lowest BCUT2D eigenvalue weighted by Crippen LogP contribution is -2.27. The maximum atomic E-state index is 13.9. The molecule has 0 N–H and O–H groups in total. The molecule has 1 heterocycles. The van der Waals surface area contributed by atoms with Crippen molar-refractivity contribution < 1.29 is 28.4 Å². The molecule has 4 rings (SSSR count). The number of benzene rings is 3. The van der Waals surface area contributed by atoms with Gasteiger partial charge in [0.05, 0.1) is 23.5 Å². The summed E-state index contributed by atoms with van der Waals surface area (Å²) >= 11 is 4.22. The number of imide groups is 1. The smallest absolute Gasteiger partial charge is 0.293 e. The molecule has 1 fully saturated rings. The first-order valence-corrected chi connectivity index (χ1v) is 12.1. The number of non-ortho nitro benzene ring substituents is 1. The van der Waals surface area contributed by atoms with Gasteiger partial charge in [0.1, 0.15) is 12.4 Å². The van der Waals surface area contributed by atoms with Gasteiger partial charge in [-0.05, 0) is 47.2 Å². The summed E-state index contributed by atoms with van der Waals surface area (Å²) in [6, 6.07) is 15.3. The summed E-state index contributed by atoms with van der Waals surface area (Å²) in [5.41, 5.74) is 1.29. The van der Waals surface area contributed by atoms with Gasteiger partial charge < -0.3 is 9.47 Å². The van der Waals surface area contributed by atoms with E-state index < -0.39 is 16.1 Å². The quantitative estimate of drug-likeness (QED) is 0.177. The molecule has 1 saturated heterocycles. The number of thioether (sulfide) groups is 1. The van der Waals surface area contributed by atoms with E-state index >= 15 is 0 Å². The monoisotopic (exact) mass is 572 g/mol. The highest BCUT2D eigenvalue weighted by Gasteiger charge is 2.35. The number of methoxy groups -OCH3 is 1. The van der Waals surface area contributed by atoms with Crippen LogP contribution in [0.25, 0.3) is 6.08 Å². The van der Waals surface area contributed by atoms with Crippen LogP contribution in [0.1, 0.15) is 16.7 Å². The summed E-state index contributed by atoms with van der Waals surface area (Å²) < 4.78 is 25.6. The second kappa shape index (κ2) is 10.9. The van der Waals surface area contributed by atoms with Crippen molar-refractivity contribution in [3.63, 3.8) is 0 Å². The molecule has 184 valence electrons. The van der Waals surface area contributed by atoms with Crippen molar-refractivity contribution in [1.82, 2.24) is 4.90 Å². The van der Waals surface area contributed by atoms with Crippen LogP contribution in [0.3, 0.4) is 0 Å². The first-order chi connectivity index (χ1) is 17.3. The Balaban J connectivity index is 1.54. The van der Waals surface area contributed by atoms with Crippen LogP contribution in [-0.2, 0) is 17.9 Å². The number of amides is 2. The first-order valence-electron chi connectivity index (χ1n) is 10.5. The number of rotatable bonds is 8. The van der Waals surface area contributed by atoms with E-state index in [4.69, 9.17) is 9.47 Å². The SMILES string of the molecule is COc1cc(C=C2SC(=O)N(Cc3cccc([N+](=O)[O-])c3)C2=O)c(Br)cc1OCc1ccccc1F. The third kappa shape index (κ3) is 5.58. The Hall–Kier alpha value is -3.70. The third-order valence-electron chi connectivity index (χ3n) is 5.25. The Labute approximate surface area is 218 Å². The molecule has 3 aromatic carbocycles. The lowest BCUT2D eigenvalue weighted by Gasteiger charge is -2.14. The molecule has 3 aromatic rings. The van der Waals surface area contributed by atoms with E-state index in [9.17, 15) is 24.1 Å². The molecule has 0 radical (unpaired) electrons. The average Bonchev–Trinajstić information content (AvgIpc) is 3.12. The summed E-state index contributed by atoms with van der Waals surface area (Å²) in [5.74, 6) is -0.171. The molecular formula is C25H18BrFN2O6S. The molecular weight excluding hydrogens is 555 g/mol. The van der Waals surface area contributed by atoms with Gasteiger partial charge in [0, 0.05) is 22.2 Å². The van der Waals surface area contributed by atoms with E-state index in [1.165, 1.54) is 31.4 Å².